The highest BCUT2D eigenvalue weighted by Gasteiger charge is 2.29. The van der Waals surface area contributed by atoms with E-state index in [-0.39, 0.29) is 16.0 Å². The second kappa shape index (κ2) is 5.70. The van der Waals surface area contributed by atoms with Gasteiger partial charge < -0.3 is 10.4 Å². The van der Waals surface area contributed by atoms with Crippen LogP contribution in [0, 0.1) is 10.1 Å². The summed E-state index contributed by atoms with van der Waals surface area (Å²) in [6.07, 6.45) is 2.29. The van der Waals surface area contributed by atoms with E-state index in [1.165, 1.54) is 18.6 Å². The highest BCUT2D eigenvalue weighted by molar-refractivity contribution is 8.00. The van der Waals surface area contributed by atoms with Gasteiger partial charge in [-0.05, 0) is 37.7 Å². The molecule has 0 spiro atoms. The molecule has 1 saturated heterocycles. The van der Waals surface area contributed by atoms with Gasteiger partial charge in [0.1, 0.15) is 5.56 Å². The molecular formula is C13H16N2O4S. The molecule has 1 aliphatic rings. The van der Waals surface area contributed by atoms with E-state index in [4.69, 9.17) is 5.11 Å². The number of rotatable bonds is 5. The zero-order valence-electron chi connectivity index (χ0n) is 11.1. The molecule has 0 aliphatic carbocycles. The molecule has 0 saturated carbocycles. The van der Waals surface area contributed by atoms with Gasteiger partial charge in [-0.15, -0.1) is 0 Å². The third-order valence-corrected chi connectivity index (χ3v) is 4.93. The van der Waals surface area contributed by atoms with Crippen LogP contribution in [-0.2, 0) is 0 Å². The number of hydrogen-bond acceptors (Lipinski definition) is 5. The minimum atomic E-state index is -1.29. The Morgan fingerprint density at radius 2 is 2.35 bits per heavy atom. The number of hydrogen-bond donors (Lipinski definition) is 2. The van der Waals surface area contributed by atoms with Crippen molar-refractivity contribution in [2.45, 2.75) is 24.5 Å². The maximum Gasteiger partial charge on any atom is 0.342 e. The van der Waals surface area contributed by atoms with Gasteiger partial charge in [0.25, 0.3) is 5.69 Å². The van der Waals surface area contributed by atoms with Gasteiger partial charge in [-0.25, -0.2) is 4.79 Å². The molecule has 2 rings (SSSR count). The molecule has 108 valence electrons. The van der Waals surface area contributed by atoms with E-state index in [9.17, 15) is 14.9 Å². The minimum absolute atomic E-state index is 0.139. The number of nitro groups is 1. The van der Waals surface area contributed by atoms with Gasteiger partial charge in [-0.2, -0.15) is 11.8 Å². The summed E-state index contributed by atoms with van der Waals surface area (Å²) in [6, 6.07) is 4.12. The van der Waals surface area contributed by atoms with Gasteiger partial charge in [0, 0.05) is 23.0 Å². The molecule has 1 aromatic carbocycles. The molecule has 1 atom stereocenters. The molecular weight excluding hydrogens is 280 g/mol. The summed E-state index contributed by atoms with van der Waals surface area (Å²) in [5.74, 6) is -0.155. The zero-order valence-corrected chi connectivity index (χ0v) is 11.9. The molecule has 6 nitrogen and oxygen atoms in total. The predicted molar refractivity (Wildman–Crippen MR) is 78.6 cm³/mol. The first kappa shape index (κ1) is 14.6. The van der Waals surface area contributed by atoms with Crippen LogP contribution in [0.4, 0.5) is 11.4 Å². The lowest BCUT2D eigenvalue weighted by molar-refractivity contribution is -0.385. The van der Waals surface area contributed by atoms with Crippen molar-refractivity contribution in [2.24, 2.45) is 0 Å². The first-order valence-corrected chi connectivity index (χ1v) is 7.29. The molecule has 1 aliphatic heterocycles. The second-order valence-corrected chi connectivity index (χ2v) is 6.73. The van der Waals surface area contributed by atoms with E-state index in [1.54, 1.807) is 6.07 Å². The average Bonchev–Trinajstić information content (AvgIpc) is 2.83. The topological polar surface area (TPSA) is 92.5 Å². The summed E-state index contributed by atoms with van der Waals surface area (Å²) in [6.45, 7) is 2.87. The fraction of sp³-hybridized carbons (Fsp3) is 0.462. The van der Waals surface area contributed by atoms with E-state index in [1.807, 2.05) is 11.8 Å². The summed E-state index contributed by atoms with van der Waals surface area (Å²) in [5, 5.41) is 23.0. The van der Waals surface area contributed by atoms with E-state index in [2.05, 4.69) is 12.2 Å². The van der Waals surface area contributed by atoms with Crippen LogP contribution in [0.1, 0.15) is 30.1 Å². The summed E-state index contributed by atoms with van der Waals surface area (Å²) >= 11 is 1.89. The molecule has 20 heavy (non-hydrogen) atoms. The summed E-state index contributed by atoms with van der Waals surface area (Å²) in [7, 11) is 0. The summed E-state index contributed by atoms with van der Waals surface area (Å²) in [5.41, 5.74) is -0.0934. The van der Waals surface area contributed by atoms with Crippen molar-refractivity contribution >= 4 is 29.1 Å². The molecule has 1 heterocycles. The third kappa shape index (κ3) is 3.22. The van der Waals surface area contributed by atoms with Gasteiger partial charge in [0.15, 0.2) is 0 Å². The molecule has 0 radical (unpaired) electrons. The molecule has 1 aromatic rings. The number of anilines is 1. The van der Waals surface area contributed by atoms with Crippen molar-refractivity contribution in [3.05, 3.63) is 33.9 Å². The Morgan fingerprint density at radius 3 is 2.90 bits per heavy atom. The highest BCUT2D eigenvalue weighted by Crippen LogP contribution is 2.37. The number of carbonyl (C=O) groups is 1. The van der Waals surface area contributed by atoms with Crippen LogP contribution in [-0.4, -0.2) is 33.0 Å². The van der Waals surface area contributed by atoms with Gasteiger partial charge in [0.2, 0.25) is 0 Å². The van der Waals surface area contributed by atoms with Crippen LogP contribution in [0.3, 0.4) is 0 Å². The Balaban J connectivity index is 2.15. The lowest BCUT2D eigenvalue weighted by Crippen LogP contribution is -2.27. The zero-order chi connectivity index (χ0) is 14.8. The standard InChI is InChI=1S/C13H16N2O4S/c1-13(5-2-6-20-13)8-14-9-3-4-10(12(16)17)11(7-9)15(18)19/h3-4,7,14H,2,5-6,8H2,1H3,(H,16,17). The summed E-state index contributed by atoms with van der Waals surface area (Å²) in [4.78, 5) is 21.2. The second-order valence-electron chi connectivity index (χ2n) is 5.05. The van der Waals surface area contributed by atoms with Gasteiger partial charge in [-0.3, -0.25) is 10.1 Å². The average molecular weight is 296 g/mol. The van der Waals surface area contributed by atoms with Crippen molar-refractivity contribution < 1.29 is 14.8 Å². The largest absolute Gasteiger partial charge is 0.477 e. The number of aromatic carboxylic acids is 1. The van der Waals surface area contributed by atoms with Crippen LogP contribution in [0.25, 0.3) is 0 Å². The van der Waals surface area contributed by atoms with Crippen LogP contribution >= 0.6 is 11.8 Å². The third-order valence-electron chi connectivity index (χ3n) is 3.39. The Kier molecular flexibility index (Phi) is 4.17. The molecule has 1 unspecified atom stereocenters. The highest BCUT2D eigenvalue weighted by atomic mass is 32.2. The lowest BCUT2D eigenvalue weighted by atomic mass is 10.1. The molecule has 1 fully saturated rings. The lowest BCUT2D eigenvalue weighted by Gasteiger charge is -2.23. The molecule has 0 amide bonds. The normalized spacial score (nSPS) is 21.6. The van der Waals surface area contributed by atoms with E-state index < -0.39 is 10.9 Å². The van der Waals surface area contributed by atoms with E-state index in [0.29, 0.717) is 12.2 Å². The maximum atomic E-state index is 10.9. The Bertz CT molecular complexity index is 541. The van der Waals surface area contributed by atoms with Crippen LogP contribution in [0.5, 0.6) is 0 Å². The fourth-order valence-electron chi connectivity index (χ4n) is 2.24. The number of nitro benzene ring substituents is 1. The van der Waals surface area contributed by atoms with Crippen molar-refractivity contribution in [3.63, 3.8) is 0 Å². The van der Waals surface area contributed by atoms with Crippen molar-refractivity contribution in [3.8, 4) is 0 Å². The maximum absolute atomic E-state index is 10.9. The van der Waals surface area contributed by atoms with Gasteiger partial charge >= 0.3 is 5.97 Å². The summed E-state index contributed by atoms with van der Waals surface area (Å²) < 4.78 is 0.139. The smallest absolute Gasteiger partial charge is 0.342 e. The minimum Gasteiger partial charge on any atom is -0.477 e. The number of carboxylic acid groups (broad SMARTS) is 1. The quantitative estimate of drug-likeness (QED) is 0.641. The Labute approximate surface area is 120 Å². The van der Waals surface area contributed by atoms with E-state index in [0.717, 1.165) is 12.2 Å². The van der Waals surface area contributed by atoms with Crippen LogP contribution in [0.2, 0.25) is 0 Å². The molecule has 7 heteroatoms. The first-order valence-electron chi connectivity index (χ1n) is 6.31. The number of thioether (sulfide) groups is 1. The van der Waals surface area contributed by atoms with Gasteiger partial charge in [0.05, 0.1) is 4.92 Å². The number of nitrogens with zero attached hydrogens (tertiary/aromatic N) is 1. The molecule has 0 aromatic heterocycles. The first-order chi connectivity index (χ1) is 9.41. The van der Waals surface area contributed by atoms with Crippen LogP contribution < -0.4 is 5.32 Å². The monoisotopic (exact) mass is 296 g/mol. The SMILES string of the molecule is CC1(CNc2ccc(C(=O)O)c([N+](=O)[O-])c2)CCCS1. The van der Waals surface area contributed by atoms with Crippen LogP contribution in [0.15, 0.2) is 18.2 Å². The van der Waals surface area contributed by atoms with Crippen molar-refractivity contribution in [2.75, 3.05) is 17.6 Å². The number of nitrogens with one attached hydrogen (secondary N) is 1. The van der Waals surface area contributed by atoms with Crippen molar-refractivity contribution in [1.82, 2.24) is 0 Å². The molecule has 2 N–H and O–H groups in total. The molecule has 0 bridgehead atoms. The Hall–Kier alpha value is -1.76. The van der Waals surface area contributed by atoms with Crippen molar-refractivity contribution in [1.29, 1.82) is 0 Å². The van der Waals surface area contributed by atoms with Gasteiger partial charge in [-0.1, -0.05) is 0 Å². The van der Waals surface area contributed by atoms with E-state index >= 15 is 0 Å². The fourth-order valence-corrected chi connectivity index (χ4v) is 3.48. The number of carboxylic acids is 1. The predicted octanol–water partition coefficient (Wildman–Crippen LogP) is 2.99. The Morgan fingerprint density at radius 1 is 1.60 bits per heavy atom. The number of benzene rings is 1.